The molecule has 1 heterocycles. The van der Waals surface area contributed by atoms with Crippen LogP contribution in [0.5, 0.6) is 0 Å². The van der Waals surface area contributed by atoms with Gasteiger partial charge in [-0.1, -0.05) is 78.5 Å². The number of aromatic nitrogens is 1. The fourth-order valence-corrected chi connectivity index (χ4v) is 4.50. The lowest BCUT2D eigenvalue weighted by Crippen LogP contribution is -2.19. The SMILES string of the molecule is O=C(CSc1nc2ccccc2s1)NN=Cc1ccc(-c2ccccc2)cc1. The first-order valence-electron chi connectivity index (χ1n) is 8.74. The van der Waals surface area contributed by atoms with Crippen LogP contribution in [0, 0.1) is 0 Å². The maximum atomic E-state index is 12.0. The third kappa shape index (κ3) is 4.65. The topological polar surface area (TPSA) is 54.4 Å². The maximum Gasteiger partial charge on any atom is 0.250 e. The number of para-hydroxylation sites is 1. The molecule has 0 saturated carbocycles. The van der Waals surface area contributed by atoms with Crippen molar-refractivity contribution in [1.29, 1.82) is 0 Å². The first kappa shape index (κ1) is 18.4. The number of thioether (sulfide) groups is 1. The molecular weight excluding hydrogens is 386 g/mol. The smallest absolute Gasteiger partial charge is 0.250 e. The molecule has 3 aromatic carbocycles. The second-order valence-electron chi connectivity index (χ2n) is 6.02. The molecule has 0 aliphatic heterocycles. The van der Waals surface area contributed by atoms with Gasteiger partial charge in [0.05, 0.1) is 22.2 Å². The third-order valence-corrected chi connectivity index (χ3v) is 6.20. The number of fused-ring (bicyclic) bond motifs is 1. The molecule has 0 aliphatic rings. The van der Waals surface area contributed by atoms with E-state index in [4.69, 9.17) is 0 Å². The Hall–Kier alpha value is -2.96. The summed E-state index contributed by atoms with van der Waals surface area (Å²) in [6.45, 7) is 0. The lowest BCUT2D eigenvalue weighted by molar-refractivity contribution is -0.118. The molecule has 6 heteroatoms. The number of carbonyl (C=O) groups is 1. The Kier molecular flexibility index (Phi) is 5.80. The minimum Gasteiger partial charge on any atom is -0.272 e. The Balaban J connectivity index is 1.28. The molecule has 1 amide bonds. The monoisotopic (exact) mass is 403 g/mol. The molecule has 28 heavy (non-hydrogen) atoms. The normalized spacial score (nSPS) is 11.1. The first-order valence-corrected chi connectivity index (χ1v) is 10.5. The van der Waals surface area contributed by atoms with E-state index in [0.29, 0.717) is 0 Å². The molecule has 4 rings (SSSR count). The van der Waals surface area contributed by atoms with Crippen molar-refractivity contribution in [3.05, 3.63) is 84.4 Å². The summed E-state index contributed by atoms with van der Waals surface area (Å²) in [5.74, 6) is 0.130. The summed E-state index contributed by atoms with van der Waals surface area (Å²) in [5, 5.41) is 4.04. The lowest BCUT2D eigenvalue weighted by Gasteiger charge is -2.02. The Morgan fingerprint density at radius 3 is 2.46 bits per heavy atom. The van der Waals surface area contributed by atoms with Crippen LogP contribution in [-0.4, -0.2) is 22.9 Å². The van der Waals surface area contributed by atoms with E-state index in [0.717, 1.165) is 25.7 Å². The number of hydrazone groups is 1. The molecule has 4 aromatic rings. The van der Waals surface area contributed by atoms with Gasteiger partial charge in [-0.15, -0.1) is 11.3 Å². The van der Waals surface area contributed by atoms with Gasteiger partial charge in [-0.05, 0) is 28.8 Å². The van der Waals surface area contributed by atoms with Crippen molar-refractivity contribution in [3.63, 3.8) is 0 Å². The van der Waals surface area contributed by atoms with E-state index >= 15 is 0 Å². The van der Waals surface area contributed by atoms with Crippen LogP contribution in [0.2, 0.25) is 0 Å². The van der Waals surface area contributed by atoms with Gasteiger partial charge in [0.25, 0.3) is 5.91 Å². The summed E-state index contributed by atoms with van der Waals surface area (Å²) >= 11 is 3.01. The van der Waals surface area contributed by atoms with Gasteiger partial charge in [0.2, 0.25) is 0 Å². The van der Waals surface area contributed by atoms with Gasteiger partial charge >= 0.3 is 0 Å². The number of carbonyl (C=O) groups excluding carboxylic acids is 1. The first-order chi connectivity index (χ1) is 13.8. The van der Waals surface area contributed by atoms with Crippen molar-refractivity contribution in [1.82, 2.24) is 10.4 Å². The summed E-state index contributed by atoms with van der Waals surface area (Å²) in [5.41, 5.74) is 6.78. The van der Waals surface area contributed by atoms with Crippen molar-refractivity contribution < 1.29 is 4.79 Å². The molecule has 0 atom stereocenters. The van der Waals surface area contributed by atoms with Crippen LogP contribution >= 0.6 is 23.1 Å². The second kappa shape index (κ2) is 8.82. The molecule has 1 aromatic heterocycles. The molecule has 0 saturated heterocycles. The van der Waals surface area contributed by atoms with Crippen molar-refractivity contribution >= 4 is 45.4 Å². The van der Waals surface area contributed by atoms with E-state index in [1.54, 1.807) is 17.6 Å². The van der Waals surface area contributed by atoms with E-state index in [-0.39, 0.29) is 11.7 Å². The van der Waals surface area contributed by atoms with Crippen LogP contribution in [-0.2, 0) is 4.79 Å². The Bertz CT molecular complexity index is 1070. The van der Waals surface area contributed by atoms with Crippen molar-refractivity contribution in [2.75, 3.05) is 5.75 Å². The molecule has 4 nitrogen and oxygen atoms in total. The number of thiazole rings is 1. The average Bonchev–Trinajstić information content (AvgIpc) is 3.16. The molecular formula is C22H17N3OS2. The number of nitrogens with zero attached hydrogens (tertiary/aromatic N) is 2. The van der Waals surface area contributed by atoms with Crippen molar-refractivity contribution in [2.45, 2.75) is 4.34 Å². The molecule has 0 unspecified atom stereocenters. The average molecular weight is 404 g/mol. The van der Waals surface area contributed by atoms with Gasteiger partial charge in [0.15, 0.2) is 4.34 Å². The maximum absolute atomic E-state index is 12.0. The van der Waals surface area contributed by atoms with Gasteiger partial charge in [-0.3, -0.25) is 4.79 Å². The molecule has 0 spiro atoms. The molecule has 0 aliphatic carbocycles. The highest BCUT2D eigenvalue weighted by atomic mass is 32.2. The van der Waals surface area contributed by atoms with Gasteiger partial charge in [0.1, 0.15) is 0 Å². The number of hydrogen-bond acceptors (Lipinski definition) is 5. The van der Waals surface area contributed by atoms with E-state index in [1.165, 1.54) is 17.3 Å². The number of nitrogens with one attached hydrogen (secondary N) is 1. The Morgan fingerprint density at radius 1 is 0.964 bits per heavy atom. The highest BCUT2D eigenvalue weighted by Crippen LogP contribution is 2.29. The summed E-state index contributed by atoms with van der Waals surface area (Å²) in [7, 11) is 0. The number of amides is 1. The highest BCUT2D eigenvalue weighted by molar-refractivity contribution is 8.01. The molecule has 138 valence electrons. The summed E-state index contributed by atoms with van der Waals surface area (Å²) in [6, 6.07) is 26.2. The fraction of sp³-hybridized carbons (Fsp3) is 0.0455. The van der Waals surface area contributed by atoms with Gasteiger partial charge in [-0.25, -0.2) is 10.4 Å². The van der Waals surface area contributed by atoms with Gasteiger partial charge in [0, 0.05) is 0 Å². The van der Waals surface area contributed by atoms with Crippen LogP contribution in [0.4, 0.5) is 0 Å². The van der Waals surface area contributed by atoms with Crippen LogP contribution in [0.25, 0.3) is 21.3 Å². The largest absolute Gasteiger partial charge is 0.272 e. The summed E-state index contributed by atoms with van der Waals surface area (Å²) in [6.07, 6.45) is 1.65. The van der Waals surface area contributed by atoms with Crippen LogP contribution < -0.4 is 5.43 Å². The minimum absolute atomic E-state index is 0.151. The van der Waals surface area contributed by atoms with E-state index in [2.05, 4.69) is 27.6 Å². The fourth-order valence-electron chi connectivity index (χ4n) is 2.64. The predicted octanol–water partition coefficient (Wildman–Crippen LogP) is 5.21. The zero-order valence-electron chi connectivity index (χ0n) is 14.9. The van der Waals surface area contributed by atoms with E-state index in [9.17, 15) is 4.79 Å². The zero-order valence-corrected chi connectivity index (χ0v) is 16.5. The second-order valence-corrected chi connectivity index (χ2v) is 8.27. The van der Waals surface area contributed by atoms with E-state index in [1.807, 2.05) is 66.7 Å². The third-order valence-electron chi connectivity index (χ3n) is 4.02. The number of hydrogen-bond donors (Lipinski definition) is 1. The predicted molar refractivity (Wildman–Crippen MR) is 118 cm³/mol. The Labute approximate surface area is 171 Å². The Morgan fingerprint density at radius 2 is 1.68 bits per heavy atom. The van der Waals surface area contributed by atoms with Gasteiger partial charge < -0.3 is 0 Å². The number of benzene rings is 3. The summed E-state index contributed by atoms with van der Waals surface area (Å²) in [4.78, 5) is 16.5. The van der Waals surface area contributed by atoms with Crippen LogP contribution in [0.3, 0.4) is 0 Å². The molecule has 0 fully saturated rings. The van der Waals surface area contributed by atoms with Crippen molar-refractivity contribution in [2.24, 2.45) is 5.10 Å². The summed E-state index contributed by atoms with van der Waals surface area (Å²) < 4.78 is 2.01. The zero-order chi connectivity index (χ0) is 19.2. The van der Waals surface area contributed by atoms with Crippen LogP contribution in [0.1, 0.15) is 5.56 Å². The molecule has 1 N–H and O–H groups in total. The molecule has 0 bridgehead atoms. The van der Waals surface area contributed by atoms with E-state index < -0.39 is 0 Å². The highest BCUT2D eigenvalue weighted by Gasteiger charge is 2.06. The van der Waals surface area contributed by atoms with Crippen LogP contribution in [0.15, 0.2) is 88.3 Å². The number of rotatable bonds is 6. The minimum atomic E-state index is -0.151. The lowest BCUT2D eigenvalue weighted by atomic mass is 10.0. The van der Waals surface area contributed by atoms with Gasteiger partial charge in [-0.2, -0.15) is 5.10 Å². The standard InChI is InChI=1S/C22H17N3OS2/c26-21(15-27-22-24-19-8-4-5-9-20(19)28-22)25-23-14-16-10-12-18(13-11-16)17-6-2-1-3-7-17/h1-14H,15H2,(H,25,26). The molecule has 0 radical (unpaired) electrons. The van der Waals surface area contributed by atoms with Crippen molar-refractivity contribution in [3.8, 4) is 11.1 Å². The quantitative estimate of drug-likeness (QED) is 0.273.